The minimum absolute atomic E-state index is 0.121. The molecule has 0 aliphatic rings. The number of ether oxygens (including phenoxy) is 1. The van der Waals surface area contributed by atoms with Gasteiger partial charge < -0.3 is 15.4 Å². The van der Waals surface area contributed by atoms with E-state index in [1.807, 2.05) is 13.0 Å². The Morgan fingerprint density at radius 3 is 2.72 bits per heavy atom. The number of alkyl carbamates (subject to hydrolysis) is 1. The van der Waals surface area contributed by atoms with E-state index < -0.39 is 6.09 Å². The van der Waals surface area contributed by atoms with E-state index in [2.05, 4.69) is 31.3 Å². The largest absolute Gasteiger partial charge is 0.450 e. The van der Waals surface area contributed by atoms with Gasteiger partial charge in [-0.3, -0.25) is 4.79 Å². The molecule has 0 fully saturated rings. The van der Waals surface area contributed by atoms with Crippen molar-refractivity contribution in [1.82, 2.24) is 5.32 Å². The Hall–Kier alpha value is -1.56. The van der Waals surface area contributed by atoms with Crippen LogP contribution in [0.15, 0.2) is 22.7 Å². The Morgan fingerprint density at radius 1 is 1.39 bits per heavy atom. The molecule has 0 saturated carbocycles. The van der Waals surface area contributed by atoms with Gasteiger partial charge in [-0.15, -0.1) is 0 Å². The molecule has 98 valence electrons. The van der Waals surface area contributed by atoms with E-state index in [-0.39, 0.29) is 19.1 Å². The molecule has 2 N–H and O–H groups in total. The van der Waals surface area contributed by atoms with Gasteiger partial charge in [-0.25, -0.2) is 4.79 Å². The quantitative estimate of drug-likeness (QED) is 0.897. The van der Waals surface area contributed by atoms with Gasteiger partial charge in [0.2, 0.25) is 5.91 Å². The average molecular weight is 315 g/mol. The van der Waals surface area contributed by atoms with E-state index in [0.717, 1.165) is 10.0 Å². The molecule has 1 aromatic rings. The summed E-state index contributed by atoms with van der Waals surface area (Å²) in [4.78, 5) is 22.5. The Labute approximate surface area is 114 Å². The summed E-state index contributed by atoms with van der Waals surface area (Å²) in [6, 6.07) is 5.48. The lowest BCUT2D eigenvalue weighted by atomic mass is 10.2. The fourth-order valence-electron chi connectivity index (χ4n) is 1.21. The zero-order chi connectivity index (χ0) is 13.5. The molecular formula is C12H15BrN2O3. The zero-order valence-corrected chi connectivity index (χ0v) is 11.8. The second-order valence-electron chi connectivity index (χ2n) is 3.59. The minimum atomic E-state index is -0.599. The summed E-state index contributed by atoms with van der Waals surface area (Å²) in [5, 5.41) is 5.01. The highest BCUT2D eigenvalue weighted by Crippen LogP contribution is 2.20. The molecule has 1 aromatic carbocycles. The van der Waals surface area contributed by atoms with Crippen molar-refractivity contribution in [3.63, 3.8) is 0 Å². The van der Waals surface area contributed by atoms with Crippen LogP contribution >= 0.6 is 15.9 Å². The van der Waals surface area contributed by atoms with E-state index in [9.17, 15) is 9.59 Å². The number of anilines is 1. The van der Waals surface area contributed by atoms with Crippen LogP contribution in [0, 0.1) is 6.92 Å². The molecule has 18 heavy (non-hydrogen) atoms. The number of nitrogens with one attached hydrogen (secondary N) is 2. The number of aryl methyl sites for hydroxylation is 1. The number of halogens is 1. The summed E-state index contributed by atoms with van der Waals surface area (Å²) in [7, 11) is 0. The standard InChI is InChI=1S/C12H15BrN2O3/c1-3-18-12(17)14-7-11(16)15-9-5-4-8(2)10(13)6-9/h4-6H,3,7H2,1-2H3,(H,14,17)(H,15,16). The first-order valence-corrected chi connectivity index (χ1v) is 6.29. The summed E-state index contributed by atoms with van der Waals surface area (Å²) >= 11 is 3.38. The smallest absolute Gasteiger partial charge is 0.407 e. The summed E-state index contributed by atoms with van der Waals surface area (Å²) in [5.74, 6) is -0.307. The van der Waals surface area contributed by atoms with Crippen molar-refractivity contribution in [3.05, 3.63) is 28.2 Å². The summed E-state index contributed by atoms with van der Waals surface area (Å²) in [5.41, 5.74) is 1.75. The highest BCUT2D eigenvalue weighted by molar-refractivity contribution is 9.10. The summed E-state index contributed by atoms with van der Waals surface area (Å²) < 4.78 is 5.56. The predicted octanol–water partition coefficient (Wildman–Crippen LogP) is 2.44. The molecular weight excluding hydrogens is 300 g/mol. The number of carbonyl (C=O) groups excluding carboxylic acids is 2. The van der Waals surface area contributed by atoms with Crippen LogP contribution in [0.5, 0.6) is 0 Å². The van der Waals surface area contributed by atoms with Gasteiger partial charge in [-0.1, -0.05) is 22.0 Å². The lowest BCUT2D eigenvalue weighted by Crippen LogP contribution is -2.33. The first-order valence-electron chi connectivity index (χ1n) is 5.49. The molecule has 0 spiro atoms. The van der Waals surface area contributed by atoms with Gasteiger partial charge in [0, 0.05) is 10.2 Å². The fourth-order valence-corrected chi connectivity index (χ4v) is 1.59. The third-order valence-electron chi connectivity index (χ3n) is 2.12. The summed E-state index contributed by atoms with van der Waals surface area (Å²) in [6.45, 7) is 3.81. The third-order valence-corrected chi connectivity index (χ3v) is 2.98. The first kappa shape index (κ1) is 14.5. The SMILES string of the molecule is CCOC(=O)NCC(=O)Nc1ccc(C)c(Br)c1. The molecule has 0 bridgehead atoms. The van der Waals surface area contributed by atoms with Gasteiger partial charge in [0.15, 0.2) is 0 Å². The second-order valence-corrected chi connectivity index (χ2v) is 4.44. The van der Waals surface area contributed by atoms with E-state index in [4.69, 9.17) is 0 Å². The minimum Gasteiger partial charge on any atom is -0.450 e. The lowest BCUT2D eigenvalue weighted by Gasteiger charge is -2.08. The van der Waals surface area contributed by atoms with Crippen LogP contribution < -0.4 is 10.6 Å². The van der Waals surface area contributed by atoms with Crippen molar-refractivity contribution < 1.29 is 14.3 Å². The van der Waals surface area contributed by atoms with Gasteiger partial charge in [-0.05, 0) is 31.5 Å². The molecule has 0 aromatic heterocycles. The molecule has 2 amide bonds. The van der Waals surface area contributed by atoms with Crippen molar-refractivity contribution in [2.75, 3.05) is 18.5 Å². The van der Waals surface area contributed by atoms with Crippen LogP contribution in [0.1, 0.15) is 12.5 Å². The van der Waals surface area contributed by atoms with Crippen molar-refractivity contribution in [2.24, 2.45) is 0 Å². The van der Waals surface area contributed by atoms with Gasteiger partial charge >= 0.3 is 6.09 Å². The molecule has 5 nitrogen and oxygen atoms in total. The molecule has 0 radical (unpaired) electrons. The van der Waals surface area contributed by atoms with Crippen LogP contribution in [-0.4, -0.2) is 25.2 Å². The number of hydrogen-bond donors (Lipinski definition) is 2. The zero-order valence-electron chi connectivity index (χ0n) is 10.2. The molecule has 0 atom stereocenters. The highest BCUT2D eigenvalue weighted by atomic mass is 79.9. The topological polar surface area (TPSA) is 67.4 Å². The van der Waals surface area contributed by atoms with Crippen molar-refractivity contribution >= 4 is 33.6 Å². The maximum atomic E-state index is 11.5. The molecule has 6 heteroatoms. The van der Waals surface area contributed by atoms with E-state index in [1.54, 1.807) is 19.1 Å². The van der Waals surface area contributed by atoms with Crippen LogP contribution in [0.25, 0.3) is 0 Å². The van der Waals surface area contributed by atoms with Gasteiger partial charge in [-0.2, -0.15) is 0 Å². The van der Waals surface area contributed by atoms with Crippen LogP contribution in [-0.2, 0) is 9.53 Å². The maximum Gasteiger partial charge on any atom is 0.407 e. The number of rotatable bonds is 4. The van der Waals surface area contributed by atoms with E-state index in [1.165, 1.54) is 0 Å². The molecule has 0 heterocycles. The average Bonchev–Trinajstić information content (AvgIpc) is 2.32. The number of benzene rings is 1. The van der Waals surface area contributed by atoms with Crippen molar-refractivity contribution in [3.8, 4) is 0 Å². The lowest BCUT2D eigenvalue weighted by molar-refractivity contribution is -0.115. The van der Waals surface area contributed by atoms with Crippen LogP contribution in [0.4, 0.5) is 10.5 Å². The molecule has 0 aliphatic carbocycles. The third kappa shape index (κ3) is 4.75. The van der Waals surface area contributed by atoms with Crippen LogP contribution in [0.2, 0.25) is 0 Å². The maximum absolute atomic E-state index is 11.5. The van der Waals surface area contributed by atoms with Gasteiger partial charge in [0.25, 0.3) is 0 Å². The predicted molar refractivity (Wildman–Crippen MR) is 72.5 cm³/mol. The molecule has 0 unspecified atom stereocenters. The normalized spacial score (nSPS) is 9.72. The molecule has 1 rings (SSSR count). The number of carbonyl (C=O) groups is 2. The number of hydrogen-bond acceptors (Lipinski definition) is 3. The highest BCUT2D eigenvalue weighted by Gasteiger charge is 2.06. The number of amides is 2. The van der Waals surface area contributed by atoms with Gasteiger partial charge in [0.05, 0.1) is 6.61 Å². The van der Waals surface area contributed by atoms with Crippen LogP contribution in [0.3, 0.4) is 0 Å². The van der Waals surface area contributed by atoms with E-state index in [0.29, 0.717) is 5.69 Å². The van der Waals surface area contributed by atoms with Gasteiger partial charge in [0.1, 0.15) is 6.54 Å². The second kappa shape index (κ2) is 7.00. The van der Waals surface area contributed by atoms with Crippen molar-refractivity contribution in [1.29, 1.82) is 0 Å². The Bertz CT molecular complexity index is 449. The van der Waals surface area contributed by atoms with E-state index >= 15 is 0 Å². The van der Waals surface area contributed by atoms with Crippen molar-refractivity contribution in [2.45, 2.75) is 13.8 Å². The fraction of sp³-hybridized carbons (Fsp3) is 0.333. The molecule has 0 saturated heterocycles. The Balaban J connectivity index is 2.44. The monoisotopic (exact) mass is 314 g/mol. The Morgan fingerprint density at radius 2 is 2.11 bits per heavy atom. The first-order chi connectivity index (χ1) is 8.52. The Kier molecular flexibility index (Phi) is 5.64. The summed E-state index contributed by atoms with van der Waals surface area (Å²) in [6.07, 6.45) is -0.599. The molecule has 0 aliphatic heterocycles.